The lowest BCUT2D eigenvalue weighted by molar-refractivity contribution is -0.139. The fourth-order valence-corrected chi connectivity index (χ4v) is 4.24. The first-order valence-electron chi connectivity index (χ1n) is 15.5. The van der Waals surface area contributed by atoms with Crippen molar-refractivity contribution < 1.29 is 23.8 Å². The van der Waals surface area contributed by atoms with E-state index >= 15 is 0 Å². The molecule has 0 aliphatic carbocycles. The molecule has 1 unspecified atom stereocenters. The van der Waals surface area contributed by atoms with Gasteiger partial charge in [-0.05, 0) is 73.5 Å². The van der Waals surface area contributed by atoms with Crippen molar-refractivity contribution in [2.45, 2.75) is 73.1 Å². The largest absolute Gasteiger partial charge is 0.480 e. The van der Waals surface area contributed by atoms with Gasteiger partial charge in [-0.3, -0.25) is 4.79 Å². The molecule has 0 bridgehead atoms. The standard InChI is InChI=1S/C31H32N2O5.C4H10.C2H6/c1-21-8-6-7-11-25(21)27-18-22(12-14-26(27)30(34)33-28(31(35)36)16-17-32-2)19-37-20-24-13-15-29(38-24)23-9-4-3-5-10-23;1-3-4-2;1-2/h3-15,18,28,32H,16-17,19-20H2,1-2H3,(H,33,34)(H,35,36);3-4H2,1-2H3;1-2H3. The van der Waals surface area contributed by atoms with Crippen LogP contribution in [0, 0.1) is 6.92 Å². The number of unbranched alkanes of at least 4 members (excludes halogenated alkanes) is 1. The van der Waals surface area contributed by atoms with Crippen LogP contribution >= 0.6 is 0 Å². The first-order chi connectivity index (χ1) is 21.4. The minimum absolute atomic E-state index is 0.280. The van der Waals surface area contributed by atoms with Gasteiger partial charge >= 0.3 is 5.97 Å². The molecular formula is C37H48N2O5. The van der Waals surface area contributed by atoms with Crippen LogP contribution in [0.3, 0.4) is 0 Å². The number of hydrogen-bond donors (Lipinski definition) is 3. The zero-order valence-electron chi connectivity index (χ0n) is 27.0. The Hall–Kier alpha value is -4.20. The normalized spacial score (nSPS) is 11.0. The Morgan fingerprint density at radius 3 is 2.18 bits per heavy atom. The van der Waals surface area contributed by atoms with Crippen molar-refractivity contribution in [2.75, 3.05) is 13.6 Å². The van der Waals surface area contributed by atoms with Crippen molar-refractivity contribution in [2.24, 2.45) is 0 Å². The number of aryl methyl sites for hydroxylation is 1. The highest BCUT2D eigenvalue weighted by atomic mass is 16.5. The van der Waals surface area contributed by atoms with E-state index in [-0.39, 0.29) is 6.42 Å². The van der Waals surface area contributed by atoms with Gasteiger partial charge in [0.05, 0.1) is 6.61 Å². The van der Waals surface area contributed by atoms with Crippen LogP contribution in [0.15, 0.2) is 89.3 Å². The number of carbonyl (C=O) groups is 2. The number of ether oxygens (including phenoxy) is 1. The summed E-state index contributed by atoms with van der Waals surface area (Å²) in [4.78, 5) is 24.9. The molecule has 3 N–H and O–H groups in total. The van der Waals surface area contributed by atoms with Crippen LogP contribution in [0.2, 0.25) is 0 Å². The summed E-state index contributed by atoms with van der Waals surface area (Å²) in [6, 6.07) is 26.0. The van der Waals surface area contributed by atoms with Gasteiger partial charge in [-0.1, -0.05) is 101 Å². The van der Waals surface area contributed by atoms with E-state index in [1.807, 2.05) is 99.6 Å². The smallest absolute Gasteiger partial charge is 0.326 e. The van der Waals surface area contributed by atoms with E-state index in [4.69, 9.17) is 9.15 Å². The lowest BCUT2D eigenvalue weighted by atomic mass is 9.93. The first-order valence-corrected chi connectivity index (χ1v) is 15.5. The van der Waals surface area contributed by atoms with Gasteiger partial charge in [0.2, 0.25) is 0 Å². The summed E-state index contributed by atoms with van der Waals surface area (Å²) < 4.78 is 11.9. The average molecular weight is 601 g/mol. The Morgan fingerprint density at radius 1 is 0.864 bits per heavy atom. The summed E-state index contributed by atoms with van der Waals surface area (Å²) in [7, 11) is 1.74. The molecule has 4 aromatic rings. The minimum Gasteiger partial charge on any atom is -0.480 e. The topological polar surface area (TPSA) is 101 Å². The van der Waals surface area contributed by atoms with Gasteiger partial charge in [-0.25, -0.2) is 4.79 Å². The molecule has 4 rings (SSSR count). The molecule has 0 spiro atoms. The highest BCUT2D eigenvalue weighted by Gasteiger charge is 2.22. The van der Waals surface area contributed by atoms with E-state index in [2.05, 4.69) is 24.5 Å². The average Bonchev–Trinajstić information content (AvgIpc) is 3.53. The predicted molar refractivity (Wildman–Crippen MR) is 179 cm³/mol. The number of carbonyl (C=O) groups excluding carboxylic acids is 1. The molecule has 1 aromatic heterocycles. The summed E-state index contributed by atoms with van der Waals surface area (Å²) in [5.41, 5.74) is 4.95. The second-order valence-electron chi connectivity index (χ2n) is 10.1. The third-order valence-corrected chi connectivity index (χ3v) is 6.78. The van der Waals surface area contributed by atoms with Crippen LogP contribution in [-0.4, -0.2) is 36.6 Å². The third kappa shape index (κ3) is 11.1. The monoisotopic (exact) mass is 600 g/mol. The lowest BCUT2D eigenvalue weighted by Crippen LogP contribution is -2.42. The second kappa shape index (κ2) is 19.9. The van der Waals surface area contributed by atoms with E-state index in [0.717, 1.165) is 39.3 Å². The van der Waals surface area contributed by atoms with Gasteiger partial charge in [0, 0.05) is 11.1 Å². The molecule has 0 radical (unpaired) electrons. The summed E-state index contributed by atoms with van der Waals surface area (Å²) in [5.74, 6) is 0.0173. The van der Waals surface area contributed by atoms with E-state index < -0.39 is 17.9 Å². The van der Waals surface area contributed by atoms with E-state index in [0.29, 0.717) is 25.3 Å². The molecular weight excluding hydrogens is 552 g/mol. The molecule has 44 heavy (non-hydrogen) atoms. The number of nitrogens with one attached hydrogen (secondary N) is 2. The maximum absolute atomic E-state index is 13.2. The van der Waals surface area contributed by atoms with E-state index in [1.165, 1.54) is 12.8 Å². The van der Waals surface area contributed by atoms with Gasteiger partial charge < -0.3 is 24.9 Å². The summed E-state index contributed by atoms with van der Waals surface area (Å²) >= 11 is 0. The summed E-state index contributed by atoms with van der Waals surface area (Å²) in [5, 5.41) is 15.2. The molecule has 0 aliphatic rings. The third-order valence-electron chi connectivity index (χ3n) is 6.78. The molecule has 7 nitrogen and oxygen atoms in total. The van der Waals surface area contributed by atoms with Gasteiger partial charge in [0.1, 0.15) is 24.2 Å². The predicted octanol–water partition coefficient (Wildman–Crippen LogP) is 8.26. The van der Waals surface area contributed by atoms with Crippen molar-refractivity contribution in [3.05, 3.63) is 107 Å². The number of benzene rings is 3. The molecule has 0 aliphatic heterocycles. The van der Waals surface area contributed by atoms with E-state index in [1.54, 1.807) is 13.1 Å². The molecule has 1 amide bonds. The molecule has 3 aromatic carbocycles. The van der Waals surface area contributed by atoms with Gasteiger partial charge in [-0.2, -0.15) is 0 Å². The fourth-order valence-electron chi connectivity index (χ4n) is 4.24. The van der Waals surface area contributed by atoms with Crippen LogP contribution in [0.25, 0.3) is 22.5 Å². The molecule has 7 heteroatoms. The van der Waals surface area contributed by atoms with Crippen molar-refractivity contribution in [1.29, 1.82) is 0 Å². The molecule has 0 fully saturated rings. The molecule has 1 heterocycles. The Kier molecular flexibility index (Phi) is 16.3. The number of rotatable bonds is 13. The number of carboxylic acid groups (broad SMARTS) is 1. The number of amides is 1. The van der Waals surface area contributed by atoms with Crippen LogP contribution in [-0.2, 0) is 22.7 Å². The number of carboxylic acids is 1. The van der Waals surface area contributed by atoms with Gasteiger partial charge in [0.25, 0.3) is 5.91 Å². The molecule has 236 valence electrons. The number of aliphatic carboxylic acids is 1. The van der Waals surface area contributed by atoms with Crippen LogP contribution in [0.5, 0.6) is 0 Å². The highest BCUT2D eigenvalue weighted by Crippen LogP contribution is 2.29. The zero-order chi connectivity index (χ0) is 32.3. The SMILES string of the molecule is CC.CCCC.CNCCC(NC(=O)c1ccc(COCc2ccc(-c3ccccc3)o2)cc1-c1ccccc1C)C(=O)O. The van der Waals surface area contributed by atoms with Gasteiger partial charge in [-0.15, -0.1) is 0 Å². The summed E-state index contributed by atoms with van der Waals surface area (Å²) in [6.07, 6.45) is 2.92. The van der Waals surface area contributed by atoms with Crippen LogP contribution in [0.1, 0.15) is 74.2 Å². The number of furan rings is 1. The second-order valence-corrected chi connectivity index (χ2v) is 10.1. The first kappa shape index (κ1) is 36.0. The maximum atomic E-state index is 13.2. The Morgan fingerprint density at radius 2 is 1.55 bits per heavy atom. The van der Waals surface area contributed by atoms with Crippen molar-refractivity contribution in [3.8, 4) is 22.5 Å². The van der Waals surface area contributed by atoms with E-state index in [9.17, 15) is 14.7 Å². The summed E-state index contributed by atoms with van der Waals surface area (Å²) in [6.45, 7) is 11.4. The molecule has 0 saturated carbocycles. The van der Waals surface area contributed by atoms with Crippen molar-refractivity contribution in [3.63, 3.8) is 0 Å². The number of hydrogen-bond acceptors (Lipinski definition) is 5. The minimum atomic E-state index is -1.07. The van der Waals surface area contributed by atoms with Crippen molar-refractivity contribution >= 4 is 11.9 Å². The lowest BCUT2D eigenvalue weighted by Gasteiger charge is -2.18. The van der Waals surface area contributed by atoms with Crippen molar-refractivity contribution in [1.82, 2.24) is 10.6 Å². The quantitative estimate of drug-likeness (QED) is 0.143. The fraction of sp³-hybridized carbons (Fsp3) is 0.351. The Balaban J connectivity index is 0.00000104. The van der Waals surface area contributed by atoms with Gasteiger partial charge in [0.15, 0.2) is 0 Å². The highest BCUT2D eigenvalue weighted by molar-refractivity contribution is 6.02. The molecule has 1 atom stereocenters. The zero-order valence-corrected chi connectivity index (χ0v) is 27.0. The Bertz CT molecular complexity index is 1410. The molecule has 0 saturated heterocycles. The Labute approximate surface area is 262 Å². The van der Waals surface area contributed by atoms with Crippen LogP contribution in [0.4, 0.5) is 0 Å². The van der Waals surface area contributed by atoms with Crippen LogP contribution < -0.4 is 10.6 Å². The maximum Gasteiger partial charge on any atom is 0.326 e.